The molecule has 90 valence electrons. The molecule has 0 aliphatic carbocycles. The zero-order chi connectivity index (χ0) is 11.8. The Balaban J connectivity index is 1.99. The molecule has 2 aromatic rings. The molecule has 5 heteroatoms. The van der Waals surface area contributed by atoms with Crippen LogP contribution in [0.3, 0.4) is 0 Å². The third kappa shape index (κ3) is 1.92. The van der Waals surface area contributed by atoms with Crippen molar-refractivity contribution in [3.63, 3.8) is 0 Å². The number of imidazole rings is 1. The Kier molecular flexibility index (Phi) is 2.57. The quantitative estimate of drug-likeness (QED) is 0.697. The first-order chi connectivity index (χ1) is 8.24. The first-order valence-corrected chi connectivity index (χ1v) is 5.86. The molecular formula is C12H15FN4. The molecular weight excluding hydrogens is 219 g/mol. The molecule has 1 aliphatic heterocycles. The Hall–Kier alpha value is -1.46. The van der Waals surface area contributed by atoms with Gasteiger partial charge in [-0.3, -0.25) is 0 Å². The molecule has 1 aromatic heterocycles. The molecule has 2 unspecified atom stereocenters. The highest BCUT2D eigenvalue weighted by molar-refractivity contribution is 5.75. The van der Waals surface area contributed by atoms with E-state index in [2.05, 4.69) is 27.5 Å². The second-order valence-corrected chi connectivity index (χ2v) is 4.46. The maximum absolute atomic E-state index is 13.1. The van der Waals surface area contributed by atoms with E-state index in [1.165, 1.54) is 12.1 Å². The maximum atomic E-state index is 13.1. The molecule has 0 spiro atoms. The van der Waals surface area contributed by atoms with Crippen LogP contribution in [0, 0.1) is 5.82 Å². The Morgan fingerprint density at radius 2 is 2.12 bits per heavy atom. The topological polar surface area (TPSA) is 52.7 Å². The fraction of sp³-hybridized carbons (Fsp3) is 0.417. The third-order valence-electron chi connectivity index (χ3n) is 3.21. The van der Waals surface area contributed by atoms with Crippen LogP contribution in [0.2, 0.25) is 0 Å². The molecule has 0 saturated carbocycles. The summed E-state index contributed by atoms with van der Waals surface area (Å²) in [6.07, 6.45) is 0. The van der Waals surface area contributed by atoms with Crippen LogP contribution >= 0.6 is 0 Å². The van der Waals surface area contributed by atoms with Crippen molar-refractivity contribution in [1.29, 1.82) is 0 Å². The largest absolute Gasteiger partial charge is 0.341 e. The smallest absolute Gasteiger partial charge is 0.126 e. The highest BCUT2D eigenvalue weighted by Gasteiger charge is 2.24. The van der Waals surface area contributed by atoms with Crippen LogP contribution < -0.4 is 10.6 Å². The third-order valence-corrected chi connectivity index (χ3v) is 3.21. The van der Waals surface area contributed by atoms with E-state index in [9.17, 15) is 4.39 Å². The normalized spacial score (nSPS) is 25.3. The molecule has 3 N–H and O–H groups in total. The number of H-pyrrole nitrogens is 1. The van der Waals surface area contributed by atoms with Gasteiger partial charge in [-0.05, 0) is 25.1 Å². The van der Waals surface area contributed by atoms with E-state index in [4.69, 9.17) is 0 Å². The van der Waals surface area contributed by atoms with Crippen LogP contribution in [0.15, 0.2) is 18.2 Å². The molecule has 1 saturated heterocycles. The number of benzene rings is 1. The van der Waals surface area contributed by atoms with Crippen molar-refractivity contribution in [2.24, 2.45) is 0 Å². The Morgan fingerprint density at radius 3 is 2.94 bits per heavy atom. The van der Waals surface area contributed by atoms with Crippen LogP contribution in [0.1, 0.15) is 18.8 Å². The van der Waals surface area contributed by atoms with Gasteiger partial charge in [0, 0.05) is 19.1 Å². The van der Waals surface area contributed by atoms with Crippen LogP contribution in [0.25, 0.3) is 11.0 Å². The van der Waals surface area contributed by atoms with Crippen molar-refractivity contribution in [3.8, 4) is 0 Å². The van der Waals surface area contributed by atoms with Gasteiger partial charge in [-0.2, -0.15) is 0 Å². The highest BCUT2D eigenvalue weighted by Crippen LogP contribution is 2.20. The lowest BCUT2D eigenvalue weighted by atomic mass is 10.1. The lowest BCUT2D eigenvalue weighted by Crippen LogP contribution is -2.49. The minimum atomic E-state index is -0.240. The Labute approximate surface area is 98.6 Å². The number of piperazine rings is 1. The van der Waals surface area contributed by atoms with Crippen LogP contribution in [-0.2, 0) is 0 Å². The number of hydrogen-bond donors (Lipinski definition) is 3. The second kappa shape index (κ2) is 4.09. The molecule has 0 bridgehead atoms. The predicted molar refractivity (Wildman–Crippen MR) is 64.3 cm³/mol. The molecule has 1 aliphatic rings. The van der Waals surface area contributed by atoms with Gasteiger partial charge < -0.3 is 15.6 Å². The lowest BCUT2D eigenvalue weighted by molar-refractivity contribution is 0.336. The summed E-state index contributed by atoms with van der Waals surface area (Å²) in [5.74, 6) is 0.626. The van der Waals surface area contributed by atoms with Gasteiger partial charge in [0.1, 0.15) is 11.6 Å². The number of aromatic nitrogens is 2. The minimum Gasteiger partial charge on any atom is -0.341 e. The van der Waals surface area contributed by atoms with Gasteiger partial charge in [0.05, 0.1) is 17.1 Å². The van der Waals surface area contributed by atoms with Crippen molar-refractivity contribution in [2.45, 2.75) is 19.0 Å². The molecule has 1 fully saturated rings. The monoisotopic (exact) mass is 234 g/mol. The summed E-state index contributed by atoms with van der Waals surface area (Å²) >= 11 is 0. The number of hydrogen-bond acceptors (Lipinski definition) is 3. The highest BCUT2D eigenvalue weighted by atomic mass is 19.1. The van der Waals surface area contributed by atoms with E-state index in [-0.39, 0.29) is 11.9 Å². The average Bonchev–Trinajstić information content (AvgIpc) is 2.72. The fourth-order valence-electron chi connectivity index (χ4n) is 2.30. The van der Waals surface area contributed by atoms with E-state index >= 15 is 0 Å². The van der Waals surface area contributed by atoms with E-state index in [1.807, 2.05) is 0 Å². The Morgan fingerprint density at radius 1 is 1.29 bits per heavy atom. The predicted octanol–water partition coefficient (Wildman–Crippen LogP) is 1.32. The average molecular weight is 234 g/mol. The first kappa shape index (κ1) is 10.7. The van der Waals surface area contributed by atoms with E-state index < -0.39 is 0 Å². The number of nitrogens with zero attached hydrogens (tertiary/aromatic N) is 1. The van der Waals surface area contributed by atoms with Crippen molar-refractivity contribution < 1.29 is 4.39 Å². The van der Waals surface area contributed by atoms with Crippen LogP contribution in [0.5, 0.6) is 0 Å². The van der Waals surface area contributed by atoms with Crippen LogP contribution in [-0.4, -0.2) is 29.1 Å². The number of fused-ring (bicyclic) bond motifs is 1. The van der Waals surface area contributed by atoms with Gasteiger partial charge >= 0.3 is 0 Å². The molecule has 17 heavy (non-hydrogen) atoms. The van der Waals surface area contributed by atoms with Crippen molar-refractivity contribution in [2.75, 3.05) is 13.1 Å². The number of nitrogens with one attached hydrogen (secondary N) is 3. The zero-order valence-corrected chi connectivity index (χ0v) is 9.63. The summed E-state index contributed by atoms with van der Waals surface area (Å²) in [6, 6.07) is 5.08. The molecule has 0 radical (unpaired) electrons. The maximum Gasteiger partial charge on any atom is 0.126 e. The van der Waals surface area contributed by atoms with Crippen molar-refractivity contribution in [3.05, 3.63) is 29.8 Å². The molecule has 4 nitrogen and oxygen atoms in total. The lowest BCUT2D eigenvalue weighted by Gasteiger charge is -2.29. The summed E-state index contributed by atoms with van der Waals surface area (Å²) in [7, 11) is 0. The fourth-order valence-corrected chi connectivity index (χ4v) is 2.30. The number of aromatic amines is 1. The van der Waals surface area contributed by atoms with E-state index in [0.717, 1.165) is 29.9 Å². The molecule has 2 atom stereocenters. The SMILES string of the molecule is CC1NCCNC1c1nc2ccc(F)cc2[nH]1. The zero-order valence-electron chi connectivity index (χ0n) is 9.63. The standard InChI is InChI=1S/C12H15FN4/c1-7-11(15-5-4-14-7)12-16-9-3-2-8(13)6-10(9)17-12/h2-3,6-7,11,14-15H,4-5H2,1H3,(H,16,17). The number of halogens is 1. The van der Waals surface area contributed by atoms with Gasteiger partial charge in [0.15, 0.2) is 0 Å². The summed E-state index contributed by atoms with van der Waals surface area (Å²) in [6.45, 7) is 4.00. The van der Waals surface area contributed by atoms with Gasteiger partial charge in [0.2, 0.25) is 0 Å². The van der Waals surface area contributed by atoms with Gasteiger partial charge in [-0.25, -0.2) is 9.37 Å². The van der Waals surface area contributed by atoms with E-state index in [1.54, 1.807) is 6.07 Å². The van der Waals surface area contributed by atoms with E-state index in [0.29, 0.717) is 6.04 Å². The van der Waals surface area contributed by atoms with Gasteiger partial charge in [-0.1, -0.05) is 0 Å². The molecule has 1 aromatic carbocycles. The second-order valence-electron chi connectivity index (χ2n) is 4.46. The summed E-state index contributed by atoms with van der Waals surface area (Å²) in [5.41, 5.74) is 1.56. The van der Waals surface area contributed by atoms with Crippen molar-refractivity contribution >= 4 is 11.0 Å². The molecule has 2 heterocycles. The van der Waals surface area contributed by atoms with Crippen molar-refractivity contribution in [1.82, 2.24) is 20.6 Å². The summed E-state index contributed by atoms with van der Waals surface area (Å²) in [5, 5.41) is 6.80. The van der Waals surface area contributed by atoms with Gasteiger partial charge in [0.25, 0.3) is 0 Å². The summed E-state index contributed by atoms with van der Waals surface area (Å²) < 4.78 is 13.1. The molecule has 0 amide bonds. The minimum absolute atomic E-state index is 0.152. The molecule has 3 rings (SSSR count). The summed E-state index contributed by atoms with van der Waals surface area (Å²) in [4.78, 5) is 7.69. The number of rotatable bonds is 1. The Bertz CT molecular complexity index is 536. The van der Waals surface area contributed by atoms with Gasteiger partial charge in [-0.15, -0.1) is 0 Å². The van der Waals surface area contributed by atoms with Crippen LogP contribution in [0.4, 0.5) is 4.39 Å². The first-order valence-electron chi connectivity index (χ1n) is 5.86.